The topological polar surface area (TPSA) is 18.5 Å². The molecular formula is C17H26O2. The Morgan fingerprint density at radius 1 is 1.11 bits per heavy atom. The summed E-state index contributed by atoms with van der Waals surface area (Å²) in [4.78, 5) is 0. The van der Waals surface area contributed by atoms with Crippen molar-refractivity contribution in [2.24, 2.45) is 5.92 Å². The average molecular weight is 262 g/mol. The second-order valence-corrected chi connectivity index (χ2v) is 5.50. The molecule has 0 radical (unpaired) electrons. The van der Waals surface area contributed by atoms with Crippen LogP contribution in [0.1, 0.15) is 44.6 Å². The number of benzene rings is 1. The fourth-order valence-corrected chi connectivity index (χ4v) is 2.31. The van der Waals surface area contributed by atoms with Gasteiger partial charge in [0.1, 0.15) is 5.75 Å². The summed E-state index contributed by atoms with van der Waals surface area (Å²) in [6.45, 7) is 5.01. The first-order valence-corrected chi connectivity index (χ1v) is 7.68. The number of ether oxygens (including phenoxy) is 2. The second-order valence-electron chi connectivity index (χ2n) is 5.50. The Bertz CT molecular complexity index is 341. The number of hydrogen-bond acceptors (Lipinski definition) is 2. The van der Waals surface area contributed by atoms with E-state index in [9.17, 15) is 0 Å². The number of aryl methyl sites for hydroxylation is 1. The van der Waals surface area contributed by atoms with Crippen LogP contribution in [0.15, 0.2) is 24.3 Å². The van der Waals surface area contributed by atoms with Crippen molar-refractivity contribution in [3.05, 3.63) is 29.8 Å². The number of unbranched alkanes of at least 4 members (excludes halogenated alkanes) is 2. The Morgan fingerprint density at radius 3 is 2.53 bits per heavy atom. The minimum absolute atomic E-state index is 0.817. The highest BCUT2D eigenvalue weighted by molar-refractivity contribution is 5.27. The SMILES string of the molecule is CCCCc1ccc(OCCCCC2COC2)cc1. The molecule has 1 aliphatic rings. The van der Waals surface area contributed by atoms with E-state index in [1.165, 1.54) is 37.7 Å². The Labute approximate surface area is 117 Å². The van der Waals surface area contributed by atoms with Crippen molar-refractivity contribution in [1.82, 2.24) is 0 Å². The van der Waals surface area contributed by atoms with Crippen LogP contribution < -0.4 is 4.74 Å². The maximum absolute atomic E-state index is 5.77. The lowest BCUT2D eigenvalue weighted by molar-refractivity contribution is -0.0366. The molecule has 1 aromatic carbocycles. The van der Waals surface area contributed by atoms with E-state index < -0.39 is 0 Å². The van der Waals surface area contributed by atoms with Gasteiger partial charge in [-0.15, -0.1) is 0 Å². The molecule has 1 heterocycles. The van der Waals surface area contributed by atoms with Crippen LogP contribution in [0, 0.1) is 5.92 Å². The van der Waals surface area contributed by atoms with E-state index in [1.807, 2.05) is 0 Å². The third kappa shape index (κ3) is 5.23. The van der Waals surface area contributed by atoms with Gasteiger partial charge >= 0.3 is 0 Å². The average Bonchev–Trinajstić information content (AvgIpc) is 2.39. The molecule has 2 nitrogen and oxygen atoms in total. The summed E-state index contributed by atoms with van der Waals surface area (Å²) in [5, 5.41) is 0. The predicted octanol–water partition coefficient (Wildman–Crippen LogP) is 4.22. The molecule has 0 spiro atoms. The highest BCUT2D eigenvalue weighted by atomic mass is 16.5. The molecule has 106 valence electrons. The largest absolute Gasteiger partial charge is 0.494 e. The maximum atomic E-state index is 5.77. The highest BCUT2D eigenvalue weighted by Gasteiger charge is 2.16. The summed E-state index contributed by atoms with van der Waals surface area (Å²) in [6.07, 6.45) is 7.39. The molecule has 0 aliphatic carbocycles. The lowest BCUT2D eigenvalue weighted by Gasteiger charge is -2.25. The van der Waals surface area contributed by atoms with Gasteiger partial charge in [0.25, 0.3) is 0 Å². The third-order valence-electron chi connectivity index (χ3n) is 3.72. The summed E-state index contributed by atoms with van der Waals surface area (Å²) < 4.78 is 10.9. The van der Waals surface area contributed by atoms with Crippen LogP contribution in [-0.4, -0.2) is 19.8 Å². The van der Waals surface area contributed by atoms with Crippen LogP contribution in [0.25, 0.3) is 0 Å². The molecule has 1 aliphatic heterocycles. The first-order valence-electron chi connectivity index (χ1n) is 7.68. The Hall–Kier alpha value is -1.02. The molecule has 0 amide bonds. The summed E-state index contributed by atoms with van der Waals surface area (Å²) in [5.74, 6) is 1.82. The van der Waals surface area contributed by atoms with E-state index >= 15 is 0 Å². The van der Waals surface area contributed by atoms with E-state index in [0.29, 0.717) is 0 Å². The Balaban J connectivity index is 1.57. The molecule has 0 saturated carbocycles. The van der Waals surface area contributed by atoms with E-state index in [-0.39, 0.29) is 0 Å². The van der Waals surface area contributed by atoms with Crippen LogP contribution in [0.2, 0.25) is 0 Å². The normalized spacial score (nSPS) is 15.2. The lowest BCUT2D eigenvalue weighted by atomic mass is 10.0. The Kier molecular flexibility index (Phi) is 6.22. The molecule has 2 heteroatoms. The summed E-state index contributed by atoms with van der Waals surface area (Å²) in [5.41, 5.74) is 1.42. The molecule has 2 rings (SSSR count). The molecule has 0 aromatic heterocycles. The van der Waals surface area contributed by atoms with Gasteiger partial charge in [-0.25, -0.2) is 0 Å². The first kappa shape index (κ1) is 14.4. The quantitative estimate of drug-likeness (QED) is 0.620. The molecule has 0 N–H and O–H groups in total. The number of hydrogen-bond donors (Lipinski definition) is 0. The summed E-state index contributed by atoms with van der Waals surface area (Å²) in [6, 6.07) is 8.59. The van der Waals surface area contributed by atoms with Crippen LogP contribution in [0.5, 0.6) is 5.75 Å². The van der Waals surface area contributed by atoms with Crippen molar-refractivity contribution >= 4 is 0 Å². The Morgan fingerprint density at radius 2 is 1.89 bits per heavy atom. The van der Waals surface area contributed by atoms with Gasteiger partial charge in [0.05, 0.1) is 19.8 Å². The molecule has 0 unspecified atom stereocenters. The number of rotatable bonds is 9. The standard InChI is InChI=1S/C17H26O2/c1-2-3-6-15-8-10-17(11-9-15)19-12-5-4-7-16-13-18-14-16/h8-11,16H,2-7,12-14H2,1H3. The minimum Gasteiger partial charge on any atom is -0.494 e. The van der Waals surface area contributed by atoms with Gasteiger partial charge in [0, 0.05) is 5.92 Å². The van der Waals surface area contributed by atoms with Crippen molar-refractivity contribution in [2.75, 3.05) is 19.8 Å². The molecular weight excluding hydrogens is 236 g/mol. The van der Waals surface area contributed by atoms with Crippen molar-refractivity contribution in [3.63, 3.8) is 0 Å². The van der Waals surface area contributed by atoms with Crippen LogP contribution in [0.3, 0.4) is 0 Å². The molecule has 0 atom stereocenters. The fourth-order valence-electron chi connectivity index (χ4n) is 2.31. The van der Waals surface area contributed by atoms with Crippen LogP contribution in [0.4, 0.5) is 0 Å². The van der Waals surface area contributed by atoms with Crippen molar-refractivity contribution in [3.8, 4) is 5.75 Å². The molecule has 19 heavy (non-hydrogen) atoms. The minimum atomic E-state index is 0.817. The van der Waals surface area contributed by atoms with Crippen molar-refractivity contribution in [2.45, 2.75) is 45.4 Å². The lowest BCUT2D eigenvalue weighted by Crippen LogP contribution is -2.27. The van der Waals surface area contributed by atoms with Crippen molar-refractivity contribution < 1.29 is 9.47 Å². The van der Waals surface area contributed by atoms with Crippen molar-refractivity contribution in [1.29, 1.82) is 0 Å². The molecule has 0 bridgehead atoms. The zero-order valence-corrected chi connectivity index (χ0v) is 12.1. The zero-order chi connectivity index (χ0) is 13.3. The summed E-state index contributed by atoms with van der Waals surface area (Å²) in [7, 11) is 0. The van der Waals surface area contributed by atoms with Gasteiger partial charge in [-0.3, -0.25) is 0 Å². The van der Waals surface area contributed by atoms with Gasteiger partial charge in [0.15, 0.2) is 0 Å². The van der Waals surface area contributed by atoms with Gasteiger partial charge in [-0.05, 0) is 49.8 Å². The van der Waals surface area contributed by atoms with Gasteiger partial charge in [-0.2, -0.15) is 0 Å². The van der Waals surface area contributed by atoms with Crippen LogP contribution >= 0.6 is 0 Å². The third-order valence-corrected chi connectivity index (χ3v) is 3.72. The first-order chi connectivity index (χ1) is 9.38. The van der Waals surface area contributed by atoms with Crippen LogP contribution in [-0.2, 0) is 11.2 Å². The highest BCUT2D eigenvalue weighted by Crippen LogP contribution is 2.18. The smallest absolute Gasteiger partial charge is 0.119 e. The molecule has 1 aromatic rings. The predicted molar refractivity (Wildman–Crippen MR) is 78.7 cm³/mol. The monoisotopic (exact) mass is 262 g/mol. The van der Waals surface area contributed by atoms with E-state index in [2.05, 4.69) is 31.2 Å². The maximum Gasteiger partial charge on any atom is 0.119 e. The van der Waals surface area contributed by atoms with E-state index in [0.717, 1.165) is 37.9 Å². The van der Waals surface area contributed by atoms with E-state index in [4.69, 9.17) is 9.47 Å². The second kappa shape index (κ2) is 8.21. The zero-order valence-electron chi connectivity index (χ0n) is 12.1. The fraction of sp³-hybridized carbons (Fsp3) is 0.647. The van der Waals surface area contributed by atoms with E-state index in [1.54, 1.807) is 0 Å². The summed E-state index contributed by atoms with van der Waals surface area (Å²) >= 11 is 0. The molecule has 1 fully saturated rings. The van der Waals surface area contributed by atoms with Gasteiger partial charge < -0.3 is 9.47 Å². The van der Waals surface area contributed by atoms with Gasteiger partial charge in [0.2, 0.25) is 0 Å². The van der Waals surface area contributed by atoms with Gasteiger partial charge in [-0.1, -0.05) is 25.5 Å². The molecule has 1 saturated heterocycles.